The minimum absolute atomic E-state index is 0.272. The average molecular weight is 296 g/mol. The summed E-state index contributed by atoms with van der Waals surface area (Å²) in [6.07, 6.45) is 4.40. The third-order valence-electron chi connectivity index (χ3n) is 2.46. The number of pyridine rings is 1. The fourth-order valence-electron chi connectivity index (χ4n) is 1.67. The van der Waals surface area contributed by atoms with Gasteiger partial charge in [0, 0.05) is 6.20 Å². The Kier molecular flexibility index (Phi) is 2.84. The summed E-state index contributed by atoms with van der Waals surface area (Å²) in [7, 11) is 0. The van der Waals surface area contributed by atoms with Gasteiger partial charge in [-0.25, -0.2) is 9.67 Å². The molecule has 3 aromatic heterocycles. The fraction of sp³-hybridized carbons (Fsp3) is 0. The summed E-state index contributed by atoms with van der Waals surface area (Å²) in [6, 6.07) is 1.59. The molecule has 7 nitrogen and oxygen atoms in total. The predicted octanol–water partition coefficient (Wildman–Crippen LogP) is 1.94. The second-order valence-electron chi connectivity index (χ2n) is 3.66. The smallest absolute Gasteiger partial charge is 0.172 e. The number of nitrogen functional groups attached to an aromatic ring is 1. The van der Waals surface area contributed by atoms with E-state index in [4.69, 9.17) is 28.9 Å². The SMILES string of the molecule is Nc1n[nH]c(-c2ncc(Cl)cc2Cl)c1-n1cncn1. The maximum absolute atomic E-state index is 6.13. The van der Waals surface area contributed by atoms with Crippen LogP contribution in [0.3, 0.4) is 0 Å². The Morgan fingerprint density at radius 2 is 2.16 bits per heavy atom. The summed E-state index contributed by atoms with van der Waals surface area (Å²) in [6.45, 7) is 0. The molecule has 3 aromatic rings. The van der Waals surface area contributed by atoms with E-state index in [2.05, 4.69) is 25.3 Å². The van der Waals surface area contributed by atoms with Gasteiger partial charge >= 0.3 is 0 Å². The molecule has 0 atom stereocenters. The second-order valence-corrected chi connectivity index (χ2v) is 4.50. The van der Waals surface area contributed by atoms with E-state index >= 15 is 0 Å². The van der Waals surface area contributed by atoms with Gasteiger partial charge in [0.2, 0.25) is 0 Å². The van der Waals surface area contributed by atoms with Crippen molar-refractivity contribution in [2.24, 2.45) is 0 Å². The lowest BCUT2D eigenvalue weighted by Gasteiger charge is -2.05. The van der Waals surface area contributed by atoms with Gasteiger partial charge in [-0.15, -0.1) is 0 Å². The van der Waals surface area contributed by atoms with Gasteiger partial charge in [0.25, 0.3) is 0 Å². The van der Waals surface area contributed by atoms with Crippen LogP contribution in [0.15, 0.2) is 24.9 Å². The van der Waals surface area contributed by atoms with Crippen LogP contribution in [0.2, 0.25) is 10.0 Å². The van der Waals surface area contributed by atoms with Gasteiger partial charge in [-0.2, -0.15) is 10.2 Å². The minimum atomic E-state index is 0.272. The fourth-order valence-corrected chi connectivity index (χ4v) is 2.14. The highest BCUT2D eigenvalue weighted by molar-refractivity contribution is 6.36. The van der Waals surface area contributed by atoms with Crippen LogP contribution in [0.25, 0.3) is 17.1 Å². The van der Waals surface area contributed by atoms with Crippen molar-refractivity contribution in [2.45, 2.75) is 0 Å². The Morgan fingerprint density at radius 1 is 1.32 bits per heavy atom. The molecule has 0 saturated heterocycles. The van der Waals surface area contributed by atoms with Gasteiger partial charge in [-0.3, -0.25) is 10.1 Å². The zero-order valence-electron chi connectivity index (χ0n) is 9.38. The molecule has 0 aliphatic heterocycles. The number of nitrogens with zero attached hydrogens (tertiary/aromatic N) is 5. The predicted molar refractivity (Wildman–Crippen MR) is 71.2 cm³/mol. The number of nitrogens with two attached hydrogens (primary N) is 1. The number of aromatic amines is 1. The van der Waals surface area contributed by atoms with Crippen LogP contribution < -0.4 is 5.73 Å². The van der Waals surface area contributed by atoms with Gasteiger partial charge in [-0.05, 0) is 6.07 Å². The third-order valence-corrected chi connectivity index (χ3v) is 2.95. The van der Waals surface area contributed by atoms with Crippen LogP contribution in [0.4, 0.5) is 5.82 Å². The highest BCUT2D eigenvalue weighted by Crippen LogP contribution is 2.32. The molecule has 0 radical (unpaired) electrons. The van der Waals surface area contributed by atoms with Crippen molar-refractivity contribution in [3.05, 3.63) is 35.0 Å². The Bertz CT molecular complexity index is 720. The third kappa shape index (κ3) is 2.02. The minimum Gasteiger partial charge on any atom is -0.380 e. The number of rotatable bonds is 2. The Hall–Kier alpha value is -2.12. The molecule has 3 N–H and O–H groups in total. The zero-order chi connectivity index (χ0) is 13.4. The molecular formula is C10H7Cl2N7. The molecule has 0 aromatic carbocycles. The van der Waals surface area contributed by atoms with Crippen LogP contribution >= 0.6 is 23.2 Å². The molecule has 0 aliphatic rings. The highest BCUT2D eigenvalue weighted by Gasteiger charge is 2.18. The molecule has 3 rings (SSSR count). The molecule has 96 valence electrons. The average Bonchev–Trinajstić information content (AvgIpc) is 2.98. The van der Waals surface area contributed by atoms with E-state index in [0.29, 0.717) is 27.1 Å². The number of anilines is 1. The first kappa shape index (κ1) is 11.9. The molecule has 9 heteroatoms. The van der Waals surface area contributed by atoms with Crippen molar-refractivity contribution in [3.8, 4) is 17.1 Å². The normalized spacial score (nSPS) is 10.8. The Morgan fingerprint density at radius 3 is 2.84 bits per heavy atom. The lowest BCUT2D eigenvalue weighted by molar-refractivity contribution is 0.883. The summed E-state index contributed by atoms with van der Waals surface area (Å²) < 4.78 is 1.49. The van der Waals surface area contributed by atoms with E-state index < -0.39 is 0 Å². The summed E-state index contributed by atoms with van der Waals surface area (Å²) in [5.41, 5.74) is 7.39. The largest absolute Gasteiger partial charge is 0.380 e. The van der Waals surface area contributed by atoms with Gasteiger partial charge in [0.15, 0.2) is 5.82 Å². The van der Waals surface area contributed by atoms with Crippen molar-refractivity contribution < 1.29 is 0 Å². The number of hydrogen-bond acceptors (Lipinski definition) is 5. The number of hydrogen-bond donors (Lipinski definition) is 2. The lowest BCUT2D eigenvalue weighted by Crippen LogP contribution is -2.00. The summed E-state index contributed by atoms with van der Waals surface area (Å²) in [5.74, 6) is 0.272. The first-order chi connectivity index (χ1) is 9.16. The van der Waals surface area contributed by atoms with Crippen molar-refractivity contribution >= 4 is 29.0 Å². The maximum Gasteiger partial charge on any atom is 0.172 e. The number of H-pyrrole nitrogens is 1. The van der Waals surface area contributed by atoms with Crippen molar-refractivity contribution in [2.75, 3.05) is 5.73 Å². The van der Waals surface area contributed by atoms with E-state index in [1.165, 1.54) is 23.5 Å². The van der Waals surface area contributed by atoms with Gasteiger partial charge in [0.05, 0.1) is 10.0 Å². The molecule has 0 spiro atoms. The highest BCUT2D eigenvalue weighted by atomic mass is 35.5. The van der Waals surface area contributed by atoms with E-state index in [-0.39, 0.29) is 5.82 Å². The van der Waals surface area contributed by atoms with Crippen LogP contribution in [0, 0.1) is 0 Å². The summed E-state index contributed by atoms with van der Waals surface area (Å²) >= 11 is 11.9. The number of nitrogens with one attached hydrogen (secondary N) is 1. The van der Waals surface area contributed by atoms with Crippen molar-refractivity contribution in [3.63, 3.8) is 0 Å². The van der Waals surface area contributed by atoms with Crippen molar-refractivity contribution in [1.29, 1.82) is 0 Å². The molecule has 0 fully saturated rings. The van der Waals surface area contributed by atoms with Crippen LogP contribution in [0.5, 0.6) is 0 Å². The molecule has 0 saturated carbocycles. The topological polar surface area (TPSA) is 98.3 Å². The molecule has 0 amide bonds. The molecule has 0 bridgehead atoms. The monoisotopic (exact) mass is 295 g/mol. The Balaban J connectivity index is 2.21. The Labute approximate surface area is 117 Å². The van der Waals surface area contributed by atoms with Gasteiger partial charge < -0.3 is 5.73 Å². The maximum atomic E-state index is 6.13. The zero-order valence-corrected chi connectivity index (χ0v) is 10.9. The van der Waals surface area contributed by atoms with E-state index in [0.717, 1.165) is 0 Å². The standard InChI is InChI=1S/C10H7Cl2N7/c11-5-1-6(12)7(15-2-5)8-9(10(13)18-17-8)19-4-14-3-16-19/h1-4H,(H3,13,17,18). The summed E-state index contributed by atoms with van der Waals surface area (Å²) in [5, 5.41) is 11.6. The second kappa shape index (κ2) is 4.52. The lowest BCUT2D eigenvalue weighted by atomic mass is 10.2. The van der Waals surface area contributed by atoms with E-state index in [1.54, 1.807) is 6.07 Å². The molecule has 3 heterocycles. The molecule has 0 unspecified atom stereocenters. The van der Waals surface area contributed by atoms with Gasteiger partial charge in [-0.1, -0.05) is 23.2 Å². The van der Waals surface area contributed by atoms with E-state index in [9.17, 15) is 0 Å². The van der Waals surface area contributed by atoms with Crippen LogP contribution in [-0.4, -0.2) is 29.9 Å². The van der Waals surface area contributed by atoms with Crippen molar-refractivity contribution in [1.82, 2.24) is 29.9 Å². The molecule has 19 heavy (non-hydrogen) atoms. The first-order valence-corrected chi connectivity index (χ1v) is 5.92. The quantitative estimate of drug-likeness (QED) is 0.753. The first-order valence-electron chi connectivity index (χ1n) is 5.17. The summed E-state index contributed by atoms with van der Waals surface area (Å²) in [4.78, 5) is 8.05. The number of halogens is 2. The molecule has 0 aliphatic carbocycles. The van der Waals surface area contributed by atoms with Crippen LogP contribution in [-0.2, 0) is 0 Å². The van der Waals surface area contributed by atoms with E-state index in [1.807, 2.05) is 0 Å². The van der Waals surface area contributed by atoms with Gasteiger partial charge in [0.1, 0.15) is 29.7 Å². The molecular weight excluding hydrogens is 289 g/mol. The number of aromatic nitrogens is 6. The van der Waals surface area contributed by atoms with Crippen LogP contribution in [0.1, 0.15) is 0 Å².